The Bertz CT molecular complexity index is 710. The fourth-order valence-corrected chi connectivity index (χ4v) is 2.11. The molecule has 2 rings (SSSR count). The first-order valence-corrected chi connectivity index (χ1v) is 7.00. The van der Waals surface area contributed by atoms with E-state index in [1.165, 1.54) is 6.92 Å². The molecule has 1 aromatic rings. The smallest absolute Gasteiger partial charge is 0.344 e. The molecule has 1 aliphatic heterocycles. The number of benzene rings is 1. The number of anilines is 1. The van der Waals surface area contributed by atoms with Crippen LogP contribution in [-0.2, 0) is 14.3 Å². The SMILES string of the molecule is CCOC(=O)c1c(F)cc(NC2=CC(=O)N(CCO)C2=O)cc1F. The Labute approximate surface area is 135 Å². The van der Waals surface area contributed by atoms with E-state index in [-0.39, 0.29) is 24.5 Å². The van der Waals surface area contributed by atoms with Crippen molar-refractivity contribution in [2.75, 3.05) is 25.1 Å². The van der Waals surface area contributed by atoms with Crippen LogP contribution in [0.15, 0.2) is 23.9 Å². The van der Waals surface area contributed by atoms with Gasteiger partial charge in [-0.2, -0.15) is 0 Å². The van der Waals surface area contributed by atoms with Crippen molar-refractivity contribution < 1.29 is 33.0 Å². The van der Waals surface area contributed by atoms with Gasteiger partial charge in [0, 0.05) is 11.8 Å². The number of rotatable bonds is 6. The van der Waals surface area contributed by atoms with Gasteiger partial charge in [-0.3, -0.25) is 14.5 Å². The predicted octanol–water partition coefficient (Wildman–Crippen LogP) is 0.798. The summed E-state index contributed by atoms with van der Waals surface area (Å²) in [5.41, 5.74) is -1.19. The van der Waals surface area contributed by atoms with Crippen LogP contribution >= 0.6 is 0 Å². The molecular weight excluding hydrogens is 326 g/mol. The Morgan fingerprint density at radius 2 is 1.92 bits per heavy atom. The number of esters is 1. The van der Waals surface area contributed by atoms with Crippen LogP contribution in [0.4, 0.5) is 14.5 Å². The molecule has 128 valence electrons. The molecule has 0 atom stereocenters. The fourth-order valence-electron chi connectivity index (χ4n) is 2.11. The van der Waals surface area contributed by atoms with Crippen LogP contribution < -0.4 is 5.32 Å². The summed E-state index contributed by atoms with van der Waals surface area (Å²) in [5.74, 6) is -4.86. The quantitative estimate of drug-likeness (QED) is 0.587. The second-order valence-corrected chi connectivity index (χ2v) is 4.74. The lowest BCUT2D eigenvalue weighted by molar-refractivity contribution is -0.137. The van der Waals surface area contributed by atoms with Gasteiger partial charge in [-0.25, -0.2) is 13.6 Å². The van der Waals surface area contributed by atoms with Crippen molar-refractivity contribution in [3.05, 3.63) is 41.1 Å². The molecule has 24 heavy (non-hydrogen) atoms. The maximum atomic E-state index is 13.9. The van der Waals surface area contributed by atoms with Gasteiger partial charge in [0.1, 0.15) is 22.9 Å². The summed E-state index contributed by atoms with van der Waals surface area (Å²) in [6.45, 7) is 0.860. The normalized spacial score (nSPS) is 14.0. The number of amides is 2. The van der Waals surface area contributed by atoms with Gasteiger partial charge in [-0.1, -0.05) is 0 Å². The van der Waals surface area contributed by atoms with Crippen LogP contribution in [0.3, 0.4) is 0 Å². The third-order valence-corrected chi connectivity index (χ3v) is 3.13. The predicted molar refractivity (Wildman–Crippen MR) is 77.8 cm³/mol. The summed E-state index contributed by atoms with van der Waals surface area (Å²) in [4.78, 5) is 35.8. The maximum Gasteiger partial charge on any atom is 0.344 e. The van der Waals surface area contributed by atoms with Crippen LogP contribution in [0.25, 0.3) is 0 Å². The molecule has 0 aliphatic carbocycles. The molecule has 1 aromatic carbocycles. The third-order valence-electron chi connectivity index (χ3n) is 3.13. The summed E-state index contributed by atoms with van der Waals surface area (Å²) >= 11 is 0. The number of hydrogen-bond donors (Lipinski definition) is 2. The average Bonchev–Trinajstić information content (AvgIpc) is 2.75. The molecule has 0 unspecified atom stereocenters. The first-order chi connectivity index (χ1) is 11.4. The molecule has 0 radical (unpaired) electrons. The highest BCUT2D eigenvalue weighted by Crippen LogP contribution is 2.23. The fraction of sp³-hybridized carbons (Fsp3) is 0.267. The standard InChI is InChI=1S/C15H14F2N2O5/c1-2-24-15(23)13-9(16)5-8(6-10(13)17)18-11-7-12(21)19(3-4-20)14(11)22/h5-7,18,20H,2-4H2,1H3. The number of hydrogen-bond acceptors (Lipinski definition) is 6. The van der Waals surface area contributed by atoms with E-state index >= 15 is 0 Å². The number of carbonyl (C=O) groups excluding carboxylic acids is 3. The molecule has 0 fully saturated rings. The largest absolute Gasteiger partial charge is 0.462 e. The number of β-amino-alcohol motifs (C(OH)–C–C–N with tert-alkyl or cyclic N) is 1. The molecule has 1 aliphatic rings. The number of nitrogens with zero attached hydrogens (tertiary/aromatic N) is 1. The molecular formula is C15H14F2N2O5. The van der Waals surface area contributed by atoms with Crippen LogP contribution in [0, 0.1) is 11.6 Å². The summed E-state index contributed by atoms with van der Waals surface area (Å²) in [6, 6.07) is 1.62. The second-order valence-electron chi connectivity index (χ2n) is 4.74. The van der Waals surface area contributed by atoms with Crippen molar-refractivity contribution >= 4 is 23.5 Å². The Kier molecular flexibility index (Phi) is 5.24. The molecule has 0 saturated carbocycles. The summed E-state index contributed by atoms with van der Waals surface area (Å²) in [7, 11) is 0. The number of aliphatic hydroxyl groups excluding tert-OH is 1. The first kappa shape index (κ1) is 17.5. The van der Waals surface area contributed by atoms with Crippen molar-refractivity contribution in [2.24, 2.45) is 0 Å². The van der Waals surface area contributed by atoms with E-state index in [0.29, 0.717) is 0 Å². The number of aliphatic hydroxyl groups is 1. The van der Waals surface area contributed by atoms with Crippen LogP contribution in [0.1, 0.15) is 17.3 Å². The van der Waals surface area contributed by atoms with E-state index < -0.39 is 41.6 Å². The van der Waals surface area contributed by atoms with Gasteiger partial charge in [0.15, 0.2) is 0 Å². The lowest BCUT2D eigenvalue weighted by Gasteiger charge is -2.14. The molecule has 9 heteroatoms. The van der Waals surface area contributed by atoms with E-state index in [1.54, 1.807) is 0 Å². The summed E-state index contributed by atoms with van der Waals surface area (Å²) in [6.07, 6.45) is 0.951. The highest BCUT2D eigenvalue weighted by atomic mass is 19.1. The first-order valence-electron chi connectivity index (χ1n) is 7.00. The topological polar surface area (TPSA) is 95.9 Å². The lowest BCUT2D eigenvalue weighted by Crippen LogP contribution is -2.34. The molecule has 7 nitrogen and oxygen atoms in total. The monoisotopic (exact) mass is 340 g/mol. The number of halogens is 2. The Morgan fingerprint density at radius 1 is 1.29 bits per heavy atom. The van der Waals surface area contributed by atoms with Gasteiger partial charge in [-0.05, 0) is 19.1 Å². The van der Waals surface area contributed by atoms with Gasteiger partial charge in [-0.15, -0.1) is 0 Å². The molecule has 0 spiro atoms. The van der Waals surface area contributed by atoms with Gasteiger partial charge >= 0.3 is 5.97 Å². The van der Waals surface area contributed by atoms with Crippen molar-refractivity contribution in [3.8, 4) is 0 Å². The zero-order chi connectivity index (χ0) is 17.9. The van der Waals surface area contributed by atoms with Crippen molar-refractivity contribution in [3.63, 3.8) is 0 Å². The van der Waals surface area contributed by atoms with E-state index in [2.05, 4.69) is 10.1 Å². The van der Waals surface area contributed by atoms with Crippen molar-refractivity contribution in [1.29, 1.82) is 0 Å². The van der Waals surface area contributed by atoms with E-state index in [9.17, 15) is 23.2 Å². The molecule has 0 aromatic heterocycles. The molecule has 2 amide bonds. The van der Waals surface area contributed by atoms with E-state index in [1.807, 2.05) is 0 Å². The molecule has 0 saturated heterocycles. The number of nitrogens with one attached hydrogen (secondary N) is 1. The number of carbonyl (C=O) groups is 3. The van der Waals surface area contributed by atoms with Crippen LogP contribution in [0.2, 0.25) is 0 Å². The summed E-state index contributed by atoms with van der Waals surface area (Å²) in [5, 5.41) is 11.2. The minimum Gasteiger partial charge on any atom is -0.462 e. The maximum absolute atomic E-state index is 13.9. The molecule has 0 bridgehead atoms. The van der Waals surface area contributed by atoms with Gasteiger partial charge in [0.25, 0.3) is 11.8 Å². The Morgan fingerprint density at radius 3 is 2.46 bits per heavy atom. The number of ether oxygens (including phenoxy) is 1. The van der Waals surface area contributed by atoms with Gasteiger partial charge in [0.05, 0.1) is 19.8 Å². The third kappa shape index (κ3) is 3.40. The number of imide groups is 1. The Hall–Kier alpha value is -2.81. The average molecular weight is 340 g/mol. The van der Waals surface area contributed by atoms with Crippen LogP contribution in [-0.4, -0.2) is 47.5 Å². The van der Waals surface area contributed by atoms with Gasteiger partial charge in [0.2, 0.25) is 0 Å². The summed E-state index contributed by atoms with van der Waals surface area (Å²) < 4.78 is 32.4. The minimum atomic E-state index is -1.17. The van der Waals surface area contributed by atoms with E-state index in [4.69, 9.17) is 5.11 Å². The second kappa shape index (κ2) is 7.18. The van der Waals surface area contributed by atoms with Gasteiger partial charge < -0.3 is 15.2 Å². The van der Waals surface area contributed by atoms with Crippen molar-refractivity contribution in [2.45, 2.75) is 6.92 Å². The molecule has 2 N–H and O–H groups in total. The molecule has 1 heterocycles. The zero-order valence-corrected chi connectivity index (χ0v) is 12.6. The zero-order valence-electron chi connectivity index (χ0n) is 12.6. The minimum absolute atomic E-state index is 0.0398. The lowest BCUT2D eigenvalue weighted by atomic mass is 10.1. The van der Waals surface area contributed by atoms with Crippen LogP contribution in [0.5, 0.6) is 0 Å². The highest BCUT2D eigenvalue weighted by molar-refractivity contribution is 6.17. The van der Waals surface area contributed by atoms with E-state index in [0.717, 1.165) is 23.1 Å². The van der Waals surface area contributed by atoms with Crippen molar-refractivity contribution in [1.82, 2.24) is 4.90 Å². The highest BCUT2D eigenvalue weighted by Gasteiger charge is 2.31. The Balaban J connectivity index is 2.23.